The first kappa shape index (κ1) is 24.9. The Balaban J connectivity index is 1.52. The number of halogens is 3. The molecule has 0 bridgehead atoms. The summed E-state index contributed by atoms with van der Waals surface area (Å²) in [5.74, 6) is 0.0985. The van der Waals surface area contributed by atoms with E-state index in [4.69, 9.17) is 0 Å². The fourth-order valence-electron chi connectivity index (χ4n) is 4.74. The summed E-state index contributed by atoms with van der Waals surface area (Å²) in [4.78, 5) is 11.0. The van der Waals surface area contributed by atoms with Crippen LogP contribution >= 0.6 is 0 Å². The number of β-amino-alcohol motifs (C(OH)–C–C–N with tert-alkyl or cyclic N) is 1. The lowest BCUT2D eigenvalue weighted by atomic mass is 10.1. The molecule has 1 aromatic carbocycles. The molecule has 0 saturated carbocycles. The van der Waals surface area contributed by atoms with Crippen LogP contribution in [-0.2, 0) is 16.2 Å². The highest BCUT2D eigenvalue weighted by Crippen LogP contribution is 2.39. The van der Waals surface area contributed by atoms with Crippen LogP contribution < -0.4 is 10.6 Å². The summed E-state index contributed by atoms with van der Waals surface area (Å²) < 4.78 is 69.0. The standard InChI is InChI=1S/C23H27F3N6O3S/c1-22(33)6-8-32(13-22)36(34,35)15-4-5-16-17(11-28-19(16)9-15)20-18(23(24,25)26)12-29-21(31-20)30-14-3-2-7-27-10-14/h4-5,9,11-12,14,27-28,33H,2-3,6-8,10,13H2,1H3,(H,29,30,31)/t14-,22?/m0/s1. The molecule has 5 rings (SSSR count). The molecule has 2 aliphatic heterocycles. The number of aromatic nitrogens is 3. The van der Waals surface area contributed by atoms with Gasteiger partial charge in [-0.2, -0.15) is 17.5 Å². The van der Waals surface area contributed by atoms with Gasteiger partial charge >= 0.3 is 6.18 Å². The highest BCUT2D eigenvalue weighted by Gasteiger charge is 2.39. The minimum atomic E-state index is -4.68. The molecule has 2 fully saturated rings. The van der Waals surface area contributed by atoms with Crippen LogP contribution in [0.5, 0.6) is 0 Å². The van der Waals surface area contributed by atoms with Gasteiger partial charge in [0.15, 0.2) is 0 Å². The lowest BCUT2D eigenvalue weighted by Gasteiger charge is -2.24. The Morgan fingerprint density at radius 1 is 1.31 bits per heavy atom. The zero-order chi connectivity index (χ0) is 25.7. The van der Waals surface area contributed by atoms with Crippen LogP contribution in [0.4, 0.5) is 19.1 Å². The lowest BCUT2D eigenvalue weighted by molar-refractivity contribution is -0.137. The van der Waals surface area contributed by atoms with E-state index in [-0.39, 0.29) is 41.2 Å². The molecule has 4 heterocycles. The van der Waals surface area contributed by atoms with Crippen molar-refractivity contribution in [2.75, 3.05) is 31.5 Å². The fraction of sp³-hybridized carbons (Fsp3) is 0.478. The molecule has 0 radical (unpaired) electrons. The van der Waals surface area contributed by atoms with Gasteiger partial charge in [-0.05, 0) is 44.9 Å². The van der Waals surface area contributed by atoms with Crippen molar-refractivity contribution in [2.24, 2.45) is 0 Å². The average molecular weight is 525 g/mol. The van der Waals surface area contributed by atoms with Crippen molar-refractivity contribution in [3.8, 4) is 11.3 Å². The quantitative estimate of drug-likeness (QED) is 0.405. The topological polar surface area (TPSA) is 123 Å². The molecule has 36 heavy (non-hydrogen) atoms. The van der Waals surface area contributed by atoms with Gasteiger partial charge in [0.25, 0.3) is 0 Å². The molecule has 1 unspecified atom stereocenters. The number of piperidine rings is 1. The van der Waals surface area contributed by atoms with E-state index in [1.54, 1.807) is 6.92 Å². The normalized spacial score (nSPS) is 23.9. The number of aromatic amines is 1. The van der Waals surface area contributed by atoms with E-state index in [0.717, 1.165) is 25.6 Å². The largest absolute Gasteiger partial charge is 0.419 e. The molecule has 2 atom stereocenters. The first-order valence-corrected chi connectivity index (χ1v) is 13.1. The van der Waals surface area contributed by atoms with Crippen LogP contribution in [0.1, 0.15) is 31.7 Å². The monoisotopic (exact) mass is 524 g/mol. The number of hydrogen-bond donors (Lipinski definition) is 4. The van der Waals surface area contributed by atoms with Crippen LogP contribution in [0.15, 0.2) is 35.5 Å². The molecule has 0 aliphatic carbocycles. The zero-order valence-electron chi connectivity index (χ0n) is 19.6. The number of nitrogens with one attached hydrogen (secondary N) is 3. The summed E-state index contributed by atoms with van der Waals surface area (Å²) in [5, 5.41) is 16.9. The number of sulfonamides is 1. The van der Waals surface area contributed by atoms with Gasteiger partial charge in [0.1, 0.15) is 5.56 Å². The minimum Gasteiger partial charge on any atom is -0.389 e. The van der Waals surface area contributed by atoms with E-state index in [1.807, 2.05) is 0 Å². The SMILES string of the molecule is CC1(O)CCN(S(=O)(=O)c2ccc3c(-c4nc(N[C@H]5CCCNC5)ncc4C(F)(F)F)c[nH]c3c2)C1. The molecule has 9 nitrogen and oxygen atoms in total. The van der Waals surface area contributed by atoms with Crippen molar-refractivity contribution in [1.29, 1.82) is 0 Å². The zero-order valence-corrected chi connectivity index (χ0v) is 20.4. The Morgan fingerprint density at radius 2 is 2.11 bits per heavy atom. The van der Waals surface area contributed by atoms with Gasteiger partial charge in [0.05, 0.1) is 16.2 Å². The smallest absolute Gasteiger partial charge is 0.389 e. The molecule has 3 aromatic rings. The lowest BCUT2D eigenvalue weighted by Crippen LogP contribution is -2.38. The molecule has 2 saturated heterocycles. The summed E-state index contributed by atoms with van der Waals surface area (Å²) in [6, 6.07) is 4.24. The van der Waals surface area contributed by atoms with Gasteiger partial charge in [0, 0.05) is 54.5 Å². The molecule has 194 valence electrons. The van der Waals surface area contributed by atoms with Crippen molar-refractivity contribution in [3.05, 3.63) is 36.2 Å². The number of rotatable bonds is 5. The van der Waals surface area contributed by atoms with E-state index < -0.39 is 27.4 Å². The maximum absolute atomic E-state index is 13.9. The van der Waals surface area contributed by atoms with E-state index in [0.29, 0.717) is 23.9 Å². The van der Waals surface area contributed by atoms with Crippen LogP contribution in [0.25, 0.3) is 22.2 Å². The second-order valence-corrected chi connectivity index (χ2v) is 11.6. The number of fused-ring (bicyclic) bond motifs is 1. The van der Waals surface area contributed by atoms with E-state index in [1.165, 1.54) is 28.7 Å². The molecular formula is C23H27F3N6O3S. The molecule has 0 amide bonds. The summed E-state index contributed by atoms with van der Waals surface area (Å²) in [7, 11) is -3.88. The summed E-state index contributed by atoms with van der Waals surface area (Å²) in [6.07, 6.45) is -0.400. The third-order valence-electron chi connectivity index (χ3n) is 6.69. The average Bonchev–Trinajstić information content (AvgIpc) is 3.41. The fourth-order valence-corrected chi connectivity index (χ4v) is 6.33. The van der Waals surface area contributed by atoms with Gasteiger partial charge in [-0.25, -0.2) is 18.4 Å². The Hall–Kier alpha value is -2.74. The molecule has 2 aliphatic rings. The minimum absolute atomic E-state index is 0.00503. The Labute approximate surface area is 206 Å². The molecule has 2 aromatic heterocycles. The van der Waals surface area contributed by atoms with Crippen LogP contribution in [0, 0.1) is 0 Å². The highest BCUT2D eigenvalue weighted by molar-refractivity contribution is 7.89. The molecule has 4 N–H and O–H groups in total. The Bertz CT molecular complexity index is 1380. The van der Waals surface area contributed by atoms with Crippen molar-refractivity contribution in [2.45, 2.75) is 48.9 Å². The maximum Gasteiger partial charge on any atom is 0.419 e. The first-order valence-electron chi connectivity index (χ1n) is 11.7. The second kappa shape index (κ2) is 8.98. The number of nitrogens with zero attached hydrogens (tertiary/aromatic N) is 3. The van der Waals surface area contributed by atoms with Crippen molar-refractivity contribution in [1.82, 2.24) is 24.6 Å². The van der Waals surface area contributed by atoms with E-state index in [2.05, 4.69) is 25.6 Å². The van der Waals surface area contributed by atoms with E-state index in [9.17, 15) is 26.7 Å². The number of hydrogen-bond acceptors (Lipinski definition) is 7. The Morgan fingerprint density at radius 3 is 2.78 bits per heavy atom. The van der Waals surface area contributed by atoms with Crippen molar-refractivity contribution in [3.63, 3.8) is 0 Å². The van der Waals surface area contributed by atoms with Gasteiger partial charge in [0.2, 0.25) is 16.0 Å². The predicted molar refractivity (Wildman–Crippen MR) is 128 cm³/mol. The molecule has 0 spiro atoms. The first-order chi connectivity index (χ1) is 16.9. The number of alkyl halides is 3. The van der Waals surface area contributed by atoms with Gasteiger partial charge in [-0.3, -0.25) is 0 Å². The molecular weight excluding hydrogens is 497 g/mol. The Kier molecular flexibility index (Phi) is 6.22. The number of anilines is 1. The third kappa shape index (κ3) is 4.80. The van der Waals surface area contributed by atoms with Gasteiger partial charge < -0.3 is 20.7 Å². The second-order valence-electron chi connectivity index (χ2n) is 9.64. The number of H-pyrrole nitrogens is 1. The van der Waals surface area contributed by atoms with Crippen LogP contribution in [0.2, 0.25) is 0 Å². The highest BCUT2D eigenvalue weighted by atomic mass is 32.2. The van der Waals surface area contributed by atoms with Crippen molar-refractivity contribution < 1.29 is 26.7 Å². The van der Waals surface area contributed by atoms with Gasteiger partial charge in [-0.15, -0.1) is 0 Å². The van der Waals surface area contributed by atoms with Crippen LogP contribution in [-0.4, -0.2) is 70.6 Å². The third-order valence-corrected chi connectivity index (χ3v) is 8.53. The maximum atomic E-state index is 13.9. The van der Waals surface area contributed by atoms with Crippen molar-refractivity contribution >= 4 is 26.9 Å². The predicted octanol–water partition coefficient (Wildman–Crippen LogP) is 2.95. The van der Waals surface area contributed by atoms with Crippen LogP contribution in [0.3, 0.4) is 0 Å². The van der Waals surface area contributed by atoms with E-state index >= 15 is 0 Å². The summed E-state index contributed by atoms with van der Waals surface area (Å²) in [6.45, 7) is 3.30. The van der Waals surface area contributed by atoms with Gasteiger partial charge in [-0.1, -0.05) is 6.07 Å². The summed E-state index contributed by atoms with van der Waals surface area (Å²) in [5.41, 5.74) is -1.82. The summed E-state index contributed by atoms with van der Waals surface area (Å²) >= 11 is 0. The number of benzene rings is 1. The number of aliphatic hydroxyl groups is 1. The molecule has 13 heteroatoms.